The Balaban J connectivity index is 1.67. The van der Waals surface area contributed by atoms with Crippen LogP contribution in [0.1, 0.15) is 18.4 Å². The van der Waals surface area contributed by atoms with Gasteiger partial charge in [0.25, 0.3) is 0 Å². The summed E-state index contributed by atoms with van der Waals surface area (Å²) in [5.41, 5.74) is 1.45. The highest BCUT2D eigenvalue weighted by Gasteiger charge is 2.21. The van der Waals surface area contributed by atoms with Gasteiger partial charge in [0.15, 0.2) is 0 Å². The first-order valence-electron chi connectivity index (χ1n) is 6.28. The first kappa shape index (κ1) is 12.9. The van der Waals surface area contributed by atoms with E-state index in [4.69, 9.17) is 10.00 Å². The van der Waals surface area contributed by atoms with Gasteiger partial charge in [-0.3, -0.25) is 0 Å². The summed E-state index contributed by atoms with van der Waals surface area (Å²) in [6.07, 6.45) is 2.00. The van der Waals surface area contributed by atoms with Gasteiger partial charge in [0.05, 0.1) is 24.3 Å². The summed E-state index contributed by atoms with van der Waals surface area (Å²) in [5.74, 6) is 0.720. The van der Waals surface area contributed by atoms with E-state index in [0.717, 1.165) is 18.2 Å². The maximum Gasteiger partial charge on any atom is 0.0992 e. The summed E-state index contributed by atoms with van der Waals surface area (Å²) in [7, 11) is 0. The average molecular weight is 246 g/mol. The number of hydrogen-bond acceptors (Lipinski definition) is 4. The van der Waals surface area contributed by atoms with Crippen molar-refractivity contribution >= 4 is 5.69 Å². The minimum absolute atomic E-state index is 0.363. The molecule has 1 aliphatic rings. The summed E-state index contributed by atoms with van der Waals surface area (Å²) in [6, 6.07) is 9.28. The van der Waals surface area contributed by atoms with E-state index in [2.05, 4.69) is 11.4 Å². The van der Waals surface area contributed by atoms with E-state index in [1.807, 2.05) is 12.1 Å². The average Bonchev–Trinajstić information content (AvgIpc) is 3.21. The first-order chi connectivity index (χ1) is 8.78. The molecule has 96 valence electrons. The molecule has 0 radical (unpaired) electrons. The van der Waals surface area contributed by atoms with E-state index in [0.29, 0.717) is 18.7 Å². The van der Waals surface area contributed by atoms with Crippen LogP contribution in [-0.4, -0.2) is 31.0 Å². The highest BCUT2D eigenvalue weighted by molar-refractivity contribution is 5.49. The molecule has 0 bridgehead atoms. The number of hydrogen-bond donors (Lipinski definition) is 2. The van der Waals surface area contributed by atoms with Crippen LogP contribution >= 0.6 is 0 Å². The van der Waals surface area contributed by atoms with Crippen LogP contribution in [0.25, 0.3) is 0 Å². The van der Waals surface area contributed by atoms with Crippen LogP contribution in [0.4, 0.5) is 5.69 Å². The zero-order valence-electron chi connectivity index (χ0n) is 10.3. The molecule has 1 aromatic carbocycles. The number of aliphatic hydroxyl groups is 1. The lowest BCUT2D eigenvalue weighted by Gasteiger charge is -2.13. The third-order valence-electron chi connectivity index (χ3n) is 2.89. The third kappa shape index (κ3) is 4.36. The van der Waals surface area contributed by atoms with Crippen molar-refractivity contribution in [3.63, 3.8) is 0 Å². The second-order valence-corrected chi connectivity index (χ2v) is 4.71. The molecule has 0 spiro atoms. The molecule has 4 heteroatoms. The molecule has 0 aliphatic heterocycles. The Hall–Kier alpha value is -1.57. The van der Waals surface area contributed by atoms with Crippen LogP contribution in [0.2, 0.25) is 0 Å². The van der Waals surface area contributed by atoms with Crippen molar-refractivity contribution in [2.24, 2.45) is 5.92 Å². The van der Waals surface area contributed by atoms with Crippen LogP contribution in [-0.2, 0) is 4.74 Å². The van der Waals surface area contributed by atoms with Gasteiger partial charge in [0.2, 0.25) is 0 Å². The van der Waals surface area contributed by atoms with Gasteiger partial charge in [0.1, 0.15) is 0 Å². The Labute approximate surface area is 107 Å². The standard InChI is InChI=1S/C14H18N2O2/c15-7-12-2-1-3-13(6-12)16-8-14(17)10-18-9-11-4-5-11/h1-3,6,11,14,16-17H,4-5,8-10H2. The topological polar surface area (TPSA) is 65.3 Å². The number of nitrogens with zero attached hydrogens (tertiary/aromatic N) is 1. The lowest BCUT2D eigenvalue weighted by molar-refractivity contribution is 0.0386. The van der Waals surface area contributed by atoms with Gasteiger partial charge in [-0.25, -0.2) is 0 Å². The molecule has 0 aromatic heterocycles. The van der Waals surface area contributed by atoms with Gasteiger partial charge in [-0.2, -0.15) is 5.26 Å². The molecule has 4 nitrogen and oxygen atoms in total. The lowest BCUT2D eigenvalue weighted by atomic mass is 10.2. The highest BCUT2D eigenvalue weighted by Crippen LogP contribution is 2.28. The van der Waals surface area contributed by atoms with Crippen LogP contribution in [0.3, 0.4) is 0 Å². The maximum absolute atomic E-state index is 9.72. The maximum atomic E-state index is 9.72. The van der Waals surface area contributed by atoms with Crippen molar-refractivity contribution < 1.29 is 9.84 Å². The number of anilines is 1. The fourth-order valence-electron chi connectivity index (χ4n) is 1.65. The van der Waals surface area contributed by atoms with Gasteiger partial charge >= 0.3 is 0 Å². The Morgan fingerprint density at radius 2 is 2.33 bits per heavy atom. The fourth-order valence-corrected chi connectivity index (χ4v) is 1.65. The molecule has 1 fully saturated rings. The minimum atomic E-state index is -0.519. The fraction of sp³-hybridized carbons (Fsp3) is 0.500. The number of rotatable bonds is 7. The highest BCUT2D eigenvalue weighted by atomic mass is 16.5. The lowest BCUT2D eigenvalue weighted by Crippen LogP contribution is -2.25. The summed E-state index contributed by atoms with van der Waals surface area (Å²) in [6.45, 7) is 1.56. The predicted octanol–water partition coefficient (Wildman–Crippen LogP) is 1.76. The van der Waals surface area contributed by atoms with E-state index < -0.39 is 6.10 Å². The number of nitrogens with one attached hydrogen (secondary N) is 1. The molecule has 1 atom stereocenters. The zero-order valence-corrected chi connectivity index (χ0v) is 10.3. The molecule has 0 saturated heterocycles. The summed E-state index contributed by atoms with van der Waals surface area (Å²) >= 11 is 0. The van der Waals surface area contributed by atoms with Crippen LogP contribution in [0, 0.1) is 17.2 Å². The van der Waals surface area contributed by atoms with Gasteiger partial charge in [-0.05, 0) is 37.0 Å². The van der Waals surface area contributed by atoms with E-state index in [9.17, 15) is 5.11 Å². The predicted molar refractivity (Wildman–Crippen MR) is 69.2 cm³/mol. The first-order valence-corrected chi connectivity index (χ1v) is 6.28. The molecular formula is C14H18N2O2. The van der Waals surface area contributed by atoms with Gasteiger partial charge in [0, 0.05) is 18.8 Å². The Bertz CT molecular complexity index is 424. The van der Waals surface area contributed by atoms with Gasteiger partial charge in [-0.15, -0.1) is 0 Å². The molecule has 18 heavy (non-hydrogen) atoms. The molecular weight excluding hydrogens is 228 g/mol. The number of aliphatic hydroxyl groups excluding tert-OH is 1. The third-order valence-corrected chi connectivity index (χ3v) is 2.89. The Morgan fingerprint density at radius 1 is 1.50 bits per heavy atom. The quantitative estimate of drug-likeness (QED) is 0.769. The molecule has 0 heterocycles. The van der Waals surface area contributed by atoms with Crippen LogP contribution in [0.15, 0.2) is 24.3 Å². The molecule has 0 amide bonds. The minimum Gasteiger partial charge on any atom is -0.389 e. The molecule has 2 N–H and O–H groups in total. The van der Waals surface area contributed by atoms with Crippen molar-refractivity contribution in [1.29, 1.82) is 5.26 Å². The van der Waals surface area contributed by atoms with E-state index in [-0.39, 0.29) is 0 Å². The van der Waals surface area contributed by atoms with Crippen LogP contribution in [0.5, 0.6) is 0 Å². The van der Waals surface area contributed by atoms with Crippen molar-refractivity contribution in [3.8, 4) is 6.07 Å². The molecule has 1 aromatic rings. The van der Waals surface area contributed by atoms with Gasteiger partial charge < -0.3 is 15.2 Å². The van der Waals surface area contributed by atoms with Gasteiger partial charge in [-0.1, -0.05) is 6.07 Å². The van der Waals surface area contributed by atoms with Crippen LogP contribution < -0.4 is 5.32 Å². The number of nitriles is 1. The summed E-state index contributed by atoms with van der Waals surface area (Å²) in [4.78, 5) is 0. The zero-order chi connectivity index (χ0) is 12.8. The molecule has 1 unspecified atom stereocenters. The molecule has 1 aliphatic carbocycles. The second-order valence-electron chi connectivity index (χ2n) is 4.71. The SMILES string of the molecule is N#Cc1cccc(NCC(O)COCC2CC2)c1. The van der Waals surface area contributed by atoms with Crippen molar-refractivity contribution in [2.75, 3.05) is 25.1 Å². The summed E-state index contributed by atoms with van der Waals surface area (Å²) in [5, 5.41) is 21.6. The normalized spacial score (nSPS) is 16.0. The van der Waals surface area contributed by atoms with Crippen molar-refractivity contribution in [2.45, 2.75) is 18.9 Å². The Morgan fingerprint density at radius 3 is 3.06 bits per heavy atom. The number of ether oxygens (including phenoxy) is 1. The Kier molecular flexibility index (Phi) is 4.57. The van der Waals surface area contributed by atoms with Crippen molar-refractivity contribution in [3.05, 3.63) is 29.8 Å². The van der Waals surface area contributed by atoms with E-state index in [1.54, 1.807) is 12.1 Å². The molecule has 2 rings (SSSR count). The van der Waals surface area contributed by atoms with E-state index in [1.165, 1.54) is 12.8 Å². The largest absolute Gasteiger partial charge is 0.389 e. The van der Waals surface area contributed by atoms with E-state index >= 15 is 0 Å². The van der Waals surface area contributed by atoms with Crippen molar-refractivity contribution in [1.82, 2.24) is 0 Å². The smallest absolute Gasteiger partial charge is 0.0992 e. The summed E-state index contributed by atoms with van der Waals surface area (Å²) < 4.78 is 5.41. The molecule has 1 saturated carbocycles. The monoisotopic (exact) mass is 246 g/mol. The number of benzene rings is 1. The second kappa shape index (κ2) is 6.39.